The Morgan fingerprint density at radius 1 is 1.38 bits per heavy atom. The van der Waals surface area contributed by atoms with E-state index >= 15 is 0 Å². The average Bonchev–Trinajstić information content (AvgIpc) is 2.56. The van der Waals surface area contributed by atoms with Crippen molar-refractivity contribution in [1.29, 1.82) is 0 Å². The number of halogens is 1. The predicted octanol–water partition coefficient (Wildman–Crippen LogP) is 0.212. The van der Waals surface area contributed by atoms with Gasteiger partial charge in [-0.2, -0.15) is 0 Å². The fraction of sp³-hybridized carbons (Fsp3) is 0.438. The molecule has 128 valence electrons. The van der Waals surface area contributed by atoms with E-state index in [4.69, 9.17) is 11.6 Å². The van der Waals surface area contributed by atoms with Gasteiger partial charge in [0.05, 0.1) is 17.3 Å². The molecule has 1 aliphatic rings. The van der Waals surface area contributed by atoms with Crippen molar-refractivity contribution in [2.24, 2.45) is 0 Å². The SMILES string of the molecule is CN(CC(=O)N1CCNCC1)Cc1cc(=O)n2cc(Cl)ccc2n1. The number of likely N-dealkylation sites (N-methyl/N-ethyl adjacent to an activating group) is 1. The van der Waals surface area contributed by atoms with E-state index in [0.29, 0.717) is 29.5 Å². The molecule has 1 N–H and O–H groups in total. The molecule has 0 saturated carbocycles. The summed E-state index contributed by atoms with van der Waals surface area (Å²) < 4.78 is 1.41. The van der Waals surface area contributed by atoms with Crippen LogP contribution in [0.1, 0.15) is 5.69 Å². The molecule has 1 saturated heterocycles. The monoisotopic (exact) mass is 349 g/mol. The number of carbonyl (C=O) groups is 1. The van der Waals surface area contributed by atoms with Gasteiger partial charge in [-0.3, -0.25) is 18.9 Å². The van der Waals surface area contributed by atoms with E-state index in [9.17, 15) is 9.59 Å². The van der Waals surface area contributed by atoms with E-state index in [1.807, 2.05) is 16.8 Å². The average molecular weight is 350 g/mol. The Morgan fingerprint density at radius 2 is 2.12 bits per heavy atom. The number of aromatic nitrogens is 2. The molecule has 3 heterocycles. The zero-order chi connectivity index (χ0) is 17.1. The predicted molar refractivity (Wildman–Crippen MR) is 92.3 cm³/mol. The fourth-order valence-corrected chi connectivity index (χ4v) is 2.95. The van der Waals surface area contributed by atoms with E-state index < -0.39 is 0 Å². The first-order valence-corrected chi connectivity index (χ1v) is 8.25. The zero-order valence-corrected chi connectivity index (χ0v) is 14.3. The Labute approximate surface area is 144 Å². The van der Waals surface area contributed by atoms with Gasteiger partial charge in [-0.05, 0) is 19.2 Å². The topological polar surface area (TPSA) is 70.0 Å². The second kappa shape index (κ2) is 7.29. The third kappa shape index (κ3) is 3.92. The number of hydrogen-bond donors (Lipinski definition) is 1. The second-order valence-electron chi connectivity index (χ2n) is 5.96. The van der Waals surface area contributed by atoms with Crippen LogP contribution in [0.15, 0.2) is 29.2 Å². The second-order valence-corrected chi connectivity index (χ2v) is 6.40. The zero-order valence-electron chi connectivity index (χ0n) is 13.5. The van der Waals surface area contributed by atoms with Gasteiger partial charge in [-0.15, -0.1) is 0 Å². The molecule has 0 radical (unpaired) electrons. The third-order valence-electron chi connectivity index (χ3n) is 3.98. The van der Waals surface area contributed by atoms with Gasteiger partial charge in [0.1, 0.15) is 5.65 Å². The summed E-state index contributed by atoms with van der Waals surface area (Å²) in [6, 6.07) is 4.89. The first-order chi connectivity index (χ1) is 11.5. The largest absolute Gasteiger partial charge is 0.339 e. The number of pyridine rings is 1. The molecule has 1 aliphatic heterocycles. The minimum absolute atomic E-state index is 0.100. The van der Waals surface area contributed by atoms with E-state index in [-0.39, 0.29) is 11.5 Å². The summed E-state index contributed by atoms with van der Waals surface area (Å²) in [7, 11) is 1.85. The van der Waals surface area contributed by atoms with Crippen LogP contribution in [0.25, 0.3) is 5.65 Å². The maximum Gasteiger partial charge on any atom is 0.258 e. The molecule has 0 bridgehead atoms. The Kier molecular flexibility index (Phi) is 5.13. The lowest BCUT2D eigenvalue weighted by Crippen LogP contribution is -2.49. The van der Waals surface area contributed by atoms with Crippen LogP contribution in [0.2, 0.25) is 5.02 Å². The molecule has 3 rings (SSSR count). The quantitative estimate of drug-likeness (QED) is 0.854. The van der Waals surface area contributed by atoms with E-state index in [1.54, 1.807) is 18.3 Å². The molecule has 1 amide bonds. The molecule has 24 heavy (non-hydrogen) atoms. The molecule has 8 heteroatoms. The van der Waals surface area contributed by atoms with Gasteiger partial charge >= 0.3 is 0 Å². The maximum atomic E-state index is 12.3. The van der Waals surface area contributed by atoms with Crippen molar-refractivity contribution in [3.05, 3.63) is 45.5 Å². The van der Waals surface area contributed by atoms with Crippen molar-refractivity contribution in [2.75, 3.05) is 39.8 Å². The third-order valence-corrected chi connectivity index (χ3v) is 4.21. The summed E-state index contributed by atoms with van der Waals surface area (Å²) in [6.45, 7) is 3.89. The van der Waals surface area contributed by atoms with Crippen molar-refractivity contribution in [3.63, 3.8) is 0 Å². The van der Waals surface area contributed by atoms with Crippen molar-refractivity contribution in [2.45, 2.75) is 6.54 Å². The maximum absolute atomic E-state index is 12.3. The molecule has 7 nitrogen and oxygen atoms in total. The minimum Gasteiger partial charge on any atom is -0.339 e. The van der Waals surface area contributed by atoms with Gasteiger partial charge in [0, 0.05) is 45.0 Å². The number of piperazine rings is 1. The van der Waals surface area contributed by atoms with Gasteiger partial charge < -0.3 is 10.2 Å². The van der Waals surface area contributed by atoms with E-state index in [2.05, 4.69) is 10.3 Å². The molecular weight excluding hydrogens is 330 g/mol. The van der Waals surface area contributed by atoms with Gasteiger partial charge in [0.15, 0.2) is 0 Å². The van der Waals surface area contributed by atoms with Crippen molar-refractivity contribution < 1.29 is 4.79 Å². The first kappa shape index (κ1) is 16.9. The number of hydrogen-bond acceptors (Lipinski definition) is 5. The van der Waals surface area contributed by atoms with Gasteiger partial charge in [0.2, 0.25) is 5.91 Å². The van der Waals surface area contributed by atoms with Gasteiger partial charge in [0.25, 0.3) is 5.56 Å². The van der Waals surface area contributed by atoms with Crippen LogP contribution in [0.3, 0.4) is 0 Å². The summed E-state index contributed by atoms with van der Waals surface area (Å²) >= 11 is 5.90. The Morgan fingerprint density at radius 3 is 2.88 bits per heavy atom. The van der Waals surface area contributed by atoms with Crippen LogP contribution in [0.4, 0.5) is 0 Å². The highest BCUT2D eigenvalue weighted by molar-refractivity contribution is 6.30. The van der Waals surface area contributed by atoms with Gasteiger partial charge in [-0.1, -0.05) is 11.6 Å². The number of rotatable bonds is 4. The molecule has 1 fully saturated rings. The number of carbonyl (C=O) groups excluding carboxylic acids is 1. The molecule has 0 atom stereocenters. The highest BCUT2D eigenvalue weighted by atomic mass is 35.5. The summed E-state index contributed by atoms with van der Waals surface area (Å²) in [5, 5.41) is 3.71. The Hall–Kier alpha value is -1.96. The number of nitrogens with one attached hydrogen (secondary N) is 1. The lowest BCUT2D eigenvalue weighted by atomic mass is 10.3. The normalized spacial score (nSPS) is 15.2. The Bertz CT molecular complexity index is 801. The number of nitrogens with zero attached hydrogens (tertiary/aromatic N) is 4. The highest BCUT2D eigenvalue weighted by Gasteiger charge is 2.18. The standard InChI is InChI=1S/C16H20ClN5O2/c1-20(11-16(24)21-6-4-18-5-7-21)10-13-8-15(23)22-9-12(17)2-3-14(22)19-13/h2-3,8-9,18H,4-7,10-11H2,1H3. The minimum atomic E-state index is -0.181. The summed E-state index contributed by atoms with van der Waals surface area (Å²) in [6.07, 6.45) is 1.55. The van der Waals surface area contributed by atoms with Gasteiger partial charge in [-0.25, -0.2) is 4.98 Å². The smallest absolute Gasteiger partial charge is 0.258 e. The molecule has 0 aliphatic carbocycles. The van der Waals surface area contributed by atoms with Crippen LogP contribution in [0.5, 0.6) is 0 Å². The molecular formula is C16H20ClN5O2. The van der Waals surface area contributed by atoms with Crippen molar-refractivity contribution in [3.8, 4) is 0 Å². The lowest BCUT2D eigenvalue weighted by molar-refractivity contribution is -0.132. The van der Waals surface area contributed by atoms with E-state index in [0.717, 1.165) is 26.2 Å². The first-order valence-electron chi connectivity index (χ1n) is 7.88. The van der Waals surface area contributed by atoms with Crippen LogP contribution >= 0.6 is 11.6 Å². The van der Waals surface area contributed by atoms with Crippen LogP contribution in [0, 0.1) is 0 Å². The molecule has 0 aromatic carbocycles. The number of amides is 1. The van der Waals surface area contributed by atoms with Crippen LogP contribution in [-0.2, 0) is 11.3 Å². The molecule has 0 unspecified atom stereocenters. The van der Waals surface area contributed by atoms with Crippen molar-refractivity contribution >= 4 is 23.2 Å². The highest BCUT2D eigenvalue weighted by Crippen LogP contribution is 2.09. The summed E-state index contributed by atoms with van der Waals surface area (Å²) in [5.74, 6) is 0.100. The molecule has 2 aromatic rings. The molecule has 0 spiro atoms. The lowest BCUT2D eigenvalue weighted by Gasteiger charge is -2.29. The fourth-order valence-electron chi connectivity index (χ4n) is 2.78. The summed E-state index contributed by atoms with van der Waals surface area (Å²) in [5.41, 5.74) is 1.00. The summed E-state index contributed by atoms with van der Waals surface area (Å²) in [4.78, 5) is 32.6. The van der Waals surface area contributed by atoms with Crippen molar-refractivity contribution in [1.82, 2.24) is 24.5 Å². The van der Waals surface area contributed by atoms with Crippen LogP contribution < -0.4 is 10.9 Å². The molecule has 2 aromatic heterocycles. The number of fused-ring (bicyclic) bond motifs is 1. The van der Waals surface area contributed by atoms with Crippen LogP contribution in [-0.4, -0.2) is 64.9 Å². The Balaban J connectivity index is 1.68. The van der Waals surface area contributed by atoms with E-state index in [1.165, 1.54) is 10.5 Å².